The molecule has 0 fully saturated rings. The second-order valence-electron chi connectivity index (χ2n) is 4.19. The minimum atomic E-state index is -0.331. The fourth-order valence-electron chi connectivity index (χ4n) is 1.90. The molecule has 4 aromatic rings. The third-order valence-electron chi connectivity index (χ3n) is 2.90. The molecule has 0 radical (unpaired) electrons. The first-order chi connectivity index (χ1) is 10.3. The Kier molecular flexibility index (Phi) is 2.37. The minimum absolute atomic E-state index is 0.290. The third-order valence-corrected chi connectivity index (χ3v) is 2.90. The SMILES string of the molecule is O=c1[nH]nc2ccc(-c3nc(-c4ccncn4)no3)cn12. The quantitative estimate of drug-likeness (QED) is 0.569. The molecule has 0 aromatic carbocycles. The molecule has 9 heteroatoms. The molecule has 21 heavy (non-hydrogen) atoms. The van der Waals surface area contributed by atoms with E-state index in [1.54, 1.807) is 30.6 Å². The van der Waals surface area contributed by atoms with Gasteiger partial charge in [0.2, 0.25) is 5.82 Å². The van der Waals surface area contributed by atoms with Crippen molar-refractivity contribution in [3.63, 3.8) is 0 Å². The Balaban J connectivity index is 1.80. The molecule has 9 nitrogen and oxygen atoms in total. The highest BCUT2D eigenvalue weighted by Gasteiger charge is 2.12. The number of hydrogen-bond donors (Lipinski definition) is 1. The molecule has 4 aromatic heterocycles. The maximum Gasteiger partial charge on any atom is 0.347 e. The molecule has 0 aliphatic rings. The van der Waals surface area contributed by atoms with Crippen LogP contribution in [0.5, 0.6) is 0 Å². The van der Waals surface area contributed by atoms with Crippen molar-refractivity contribution in [3.8, 4) is 23.0 Å². The molecule has 0 atom stereocenters. The summed E-state index contributed by atoms with van der Waals surface area (Å²) >= 11 is 0. The van der Waals surface area contributed by atoms with Gasteiger partial charge in [-0.25, -0.2) is 24.3 Å². The van der Waals surface area contributed by atoms with Gasteiger partial charge in [0.1, 0.15) is 12.0 Å². The molecule has 1 N–H and O–H groups in total. The van der Waals surface area contributed by atoms with E-state index in [1.807, 2.05) is 0 Å². The largest absolute Gasteiger partial charge is 0.347 e. The van der Waals surface area contributed by atoms with Crippen molar-refractivity contribution < 1.29 is 4.52 Å². The van der Waals surface area contributed by atoms with Gasteiger partial charge in [-0.3, -0.25) is 0 Å². The van der Waals surface area contributed by atoms with Crippen LogP contribution in [0.25, 0.3) is 28.6 Å². The van der Waals surface area contributed by atoms with Gasteiger partial charge in [0.05, 0.1) is 5.56 Å². The van der Waals surface area contributed by atoms with Crippen LogP contribution in [0.2, 0.25) is 0 Å². The van der Waals surface area contributed by atoms with Crippen LogP contribution in [-0.2, 0) is 0 Å². The lowest BCUT2D eigenvalue weighted by atomic mass is 10.3. The van der Waals surface area contributed by atoms with Crippen LogP contribution in [-0.4, -0.2) is 34.7 Å². The molecule has 4 heterocycles. The van der Waals surface area contributed by atoms with Gasteiger partial charge in [0, 0.05) is 12.4 Å². The van der Waals surface area contributed by atoms with E-state index >= 15 is 0 Å². The number of fused-ring (bicyclic) bond motifs is 1. The summed E-state index contributed by atoms with van der Waals surface area (Å²) in [5, 5.41) is 10.1. The summed E-state index contributed by atoms with van der Waals surface area (Å²) in [5.41, 5.74) is 1.35. The molecule has 0 saturated carbocycles. The summed E-state index contributed by atoms with van der Waals surface area (Å²) in [5.74, 6) is 0.644. The molecule has 0 unspecified atom stereocenters. The van der Waals surface area contributed by atoms with Crippen molar-refractivity contribution in [2.45, 2.75) is 0 Å². The summed E-state index contributed by atoms with van der Waals surface area (Å²) in [6.45, 7) is 0. The molecule has 0 aliphatic heterocycles. The number of nitrogens with zero attached hydrogens (tertiary/aromatic N) is 6. The van der Waals surface area contributed by atoms with Gasteiger partial charge in [-0.2, -0.15) is 10.1 Å². The first-order valence-corrected chi connectivity index (χ1v) is 5.98. The van der Waals surface area contributed by atoms with Crippen LogP contribution in [0, 0.1) is 0 Å². The fraction of sp³-hybridized carbons (Fsp3) is 0. The summed E-state index contributed by atoms with van der Waals surface area (Å²) in [4.78, 5) is 23.7. The van der Waals surface area contributed by atoms with Crippen LogP contribution in [0.15, 0.2) is 46.2 Å². The second-order valence-corrected chi connectivity index (χ2v) is 4.19. The van der Waals surface area contributed by atoms with E-state index in [0.717, 1.165) is 0 Å². The topological polar surface area (TPSA) is 115 Å². The fourth-order valence-corrected chi connectivity index (χ4v) is 1.90. The number of H-pyrrole nitrogens is 1. The molecule has 0 spiro atoms. The molecule has 0 aliphatic carbocycles. The number of rotatable bonds is 2. The van der Waals surface area contributed by atoms with E-state index in [1.165, 1.54) is 10.7 Å². The minimum Gasteiger partial charge on any atom is -0.334 e. The zero-order chi connectivity index (χ0) is 14.2. The lowest BCUT2D eigenvalue weighted by Gasteiger charge is -1.94. The molecular weight excluding hydrogens is 274 g/mol. The molecular formula is C12H7N7O2. The Morgan fingerprint density at radius 2 is 2.19 bits per heavy atom. The van der Waals surface area contributed by atoms with Crippen LogP contribution in [0.1, 0.15) is 0 Å². The number of aromatic amines is 1. The lowest BCUT2D eigenvalue weighted by molar-refractivity contribution is 0.432. The Hall–Kier alpha value is -3.36. The highest BCUT2D eigenvalue weighted by atomic mass is 16.5. The van der Waals surface area contributed by atoms with Gasteiger partial charge < -0.3 is 4.52 Å². The summed E-state index contributed by atoms with van der Waals surface area (Å²) in [6.07, 6.45) is 4.58. The highest BCUT2D eigenvalue weighted by Crippen LogP contribution is 2.20. The number of hydrogen-bond acceptors (Lipinski definition) is 7. The van der Waals surface area contributed by atoms with E-state index in [-0.39, 0.29) is 5.69 Å². The monoisotopic (exact) mass is 281 g/mol. The van der Waals surface area contributed by atoms with Crippen molar-refractivity contribution in [3.05, 3.63) is 47.4 Å². The van der Waals surface area contributed by atoms with Crippen molar-refractivity contribution in [2.75, 3.05) is 0 Å². The van der Waals surface area contributed by atoms with Crippen LogP contribution < -0.4 is 5.69 Å². The Bertz CT molecular complexity index is 970. The average Bonchev–Trinajstić information content (AvgIpc) is 3.16. The Morgan fingerprint density at radius 1 is 1.24 bits per heavy atom. The zero-order valence-corrected chi connectivity index (χ0v) is 10.5. The highest BCUT2D eigenvalue weighted by molar-refractivity contribution is 5.58. The predicted octanol–water partition coefficient (Wildman–Crippen LogP) is 0.530. The van der Waals surface area contributed by atoms with Crippen molar-refractivity contribution in [1.29, 1.82) is 0 Å². The maximum atomic E-state index is 11.6. The molecule has 0 amide bonds. The molecule has 102 valence electrons. The summed E-state index contributed by atoms with van der Waals surface area (Å²) in [6, 6.07) is 5.10. The van der Waals surface area contributed by atoms with E-state index in [4.69, 9.17) is 4.52 Å². The van der Waals surface area contributed by atoms with Crippen LogP contribution in [0.4, 0.5) is 0 Å². The van der Waals surface area contributed by atoms with Gasteiger partial charge in [-0.15, -0.1) is 0 Å². The van der Waals surface area contributed by atoms with Gasteiger partial charge in [-0.1, -0.05) is 5.16 Å². The van der Waals surface area contributed by atoms with Gasteiger partial charge in [0.25, 0.3) is 5.89 Å². The first-order valence-electron chi connectivity index (χ1n) is 5.98. The lowest BCUT2D eigenvalue weighted by Crippen LogP contribution is -2.08. The predicted molar refractivity (Wildman–Crippen MR) is 70.1 cm³/mol. The average molecular weight is 281 g/mol. The number of aromatic nitrogens is 7. The van der Waals surface area contributed by atoms with Gasteiger partial charge >= 0.3 is 5.69 Å². The normalized spacial score (nSPS) is 11.0. The standard InChI is InChI=1S/C12H7N7O2/c20-12-17-16-9-2-1-7(5-19(9)12)11-15-10(18-21-11)8-3-4-13-6-14-8/h1-6H,(H,17,20). The van der Waals surface area contributed by atoms with Crippen LogP contribution >= 0.6 is 0 Å². The smallest absolute Gasteiger partial charge is 0.334 e. The number of nitrogens with one attached hydrogen (secondary N) is 1. The van der Waals surface area contributed by atoms with Crippen molar-refractivity contribution in [1.82, 2.24) is 34.7 Å². The van der Waals surface area contributed by atoms with Crippen molar-refractivity contribution >= 4 is 5.65 Å². The van der Waals surface area contributed by atoms with Crippen LogP contribution in [0.3, 0.4) is 0 Å². The first kappa shape index (κ1) is 11.5. The van der Waals surface area contributed by atoms with E-state index in [2.05, 4.69) is 30.3 Å². The number of pyridine rings is 1. The van der Waals surface area contributed by atoms with Gasteiger partial charge in [0.15, 0.2) is 5.65 Å². The summed E-state index contributed by atoms with van der Waals surface area (Å²) in [7, 11) is 0. The van der Waals surface area contributed by atoms with Gasteiger partial charge in [-0.05, 0) is 18.2 Å². The zero-order valence-electron chi connectivity index (χ0n) is 10.5. The van der Waals surface area contributed by atoms with E-state index in [9.17, 15) is 4.79 Å². The maximum absolute atomic E-state index is 11.6. The molecule has 0 bridgehead atoms. The second kappa shape index (κ2) is 4.34. The summed E-state index contributed by atoms with van der Waals surface area (Å²) < 4.78 is 6.57. The van der Waals surface area contributed by atoms with E-state index < -0.39 is 0 Å². The third kappa shape index (κ3) is 1.87. The Labute approximate surface area is 116 Å². The molecule has 0 saturated heterocycles. The Morgan fingerprint density at radius 3 is 3.05 bits per heavy atom. The van der Waals surface area contributed by atoms with Crippen molar-refractivity contribution in [2.24, 2.45) is 0 Å². The molecule has 4 rings (SSSR count). The van der Waals surface area contributed by atoms with E-state index in [0.29, 0.717) is 28.6 Å².